The average Bonchev–Trinajstić information content (AvgIpc) is 3.76. The second-order valence-electron chi connectivity index (χ2n) is 17.9. The first kappa shape index (κ1) is 41.2. The third-order valence-corrected chi connectivity index (χ3v) is 11.6. The van der Waals surface area contributed by atoms with Crippen molar-refractivity contribution in [3.05, 3.63) is 221 Å². The number of anilines is 1. The van der Waals surface area contributed by atoms with E-state index in [1.807, 2.05) is 36.4 Å². The minimum absolute atomic E-state index is 0.117. The zero-order valence-corrected chi connectivity index (χ0v) is 36.8. The fourth-order valence-electron chi connectivity index (χ4n) is 8.13. The molecule has 10 rings (SSSR count). The van der Waals surface area contributed by atoms with Crippen molar-refractivity contribution >= 4 is 60.9 Å². The Balaban J connectivity index is 0.000000148. The first-order valence-electron chi connectivity index (χ1n) is 21.1. The molecule has 0 aliphatic heterocycles. The zero-order valence-electron chi connectivity index (χ0n) is 36.0. The Kier molecular flexibility index (Phi) is 11.6. The van der Waals surface area contributed by atoms with Gasteiger partial charge in [0.1, 0.15) is 0 Å². The molecule has 304 valence electrons. The summed E-state index contributed by atoms with van der Waals surface area (Å²) in [5.41, 5.74) is 19.1. The Labute approximate surface area is 365 Å². The van der Waals surface area contributed by atoms with Crippen molar-refractivity contribution < 1.29 is 0 Å². The summed E-state index contributed by atoms with van der Waals surface area (Å²) in [7, 11) is 0. The number of hydrogen-bond acceptors (Lipinski definition) is 1. The Hall–Kier alpha value is -6.55. The van der Waals surface area contributed by atoms with Gasteiger partial charge in [-0.2, -0.15) is 0 Å². The Morgan fingerprint density at radius 2 is 0.836 bits per heavy atom. The van der Waals surface area contributed by atoms with Gasteiger partial charge in [0.25, 0.3) is 0 Å². The molecule has 61 heavy (non-hydrogen) atoms. The maximum atomic E-state index is 6.30. The molecule has 10 aromatic rings. The number of halogens is 1. The molecule has 0 amide bonds. The summed E-state index contributed by atoms with van der Waals surface area (Å²) < 4.78 is 4.74. The Morgan fingerprint density at radius 3 is 1.33 bits per heavy atom. The summed E-state index contributed by atoms with van der Waals surface area (Å²) in [4.78, 5) is 0. The lowest BCUT2D eigenvalue weighted by atomic mass is 9.87. The van der Waals surface area contributed by atoms with Crippen LogP contribution >= 0.6 is 11.6 Å². The van der Waals surface area contributed by atoms with E-state index in [1.54, 1.807) is 0 Å². The highest BCUT2D eigenvalue weighted by molar-refractivity contribution is 6.31. The van der Waals surface area contributed by atoms with Crippen LogP contribution in [0.15, 0.2) is 194 Å². The van der Waals surface area contributed by atoms with Gasteiger partial charge in [-0.05, 0) is 106 Å². The van der Waals surface area contributed by atoms with E-state index in [1.165, 1.54) is 71.7 Å². The van der Waals surface area contributed by atoms with Crippen molar-refractivity contribution in [2.45, 2.75) is 58.8 Å². The van der Waals surface area contributed by atoms with Gasteiger partial charge in [-0.3, -0.25) is 0 Å². The van der Waals surface area contributed by atoms with Crippen LogP contribution in [0.1, 0.15) is 63.8 Å². The van der Waals surface area contributed by atoms with Crippen molar-refractivity contribution in [1.82, 2.24) is 9.13 Å². The number of fused-ring (bicyclic) bond motifs is 6. The van der Waals surface area contributed by atoms with Crippen LogP contribution in [0.4, 0.5) is 5.69 Å². The SMILES string of the molecule is CC(C)(C)c1cccc(-n2c3ccccc3c3ccc(Cc4ccccc4)cc32)c1.CC(C)(C)c1cccc(-n2c3ccccc3c3ccc(Cl)cc32)c1.Nc1ccccc1. The minimum atomic E-state index is 0.117. The number of hydrogen-bond donors (Lipinski definition) is 1. The topological polar surface area (TPSA) is 35.9 Å². The van der Waals surface area contributed by atoms with Crippen LogP contribution in [0.2, 0.25) is 5.02 Å². The smallest absolute Gasteiger partial charge is 0.0555 e. The van der Waals surface area contributed by atoms with E-state index in [2.05, 4.69) is 208 Å². The monoisotopic (exact) mass is 815 g/mol. The summed E-state index contributed by atoms with van der Waals surface area (Å²) in [6.07, 6.45) is 0.945. The van der Waals surface area contributed by atoms with E-state index in [9.17, 15) is 0 Å². The molecule has 3 nitrogen and oxygen atoms in total. The molecule has 0 atom stereocenters. The molecule has 0 saturated carbocycles. The van der Waals surface area contributed by atoms with Gasteiger partial charge in [0.05, 0.1) is 22.1 Å². The molecule has 0 bridgehead atoms. The van der Waals surface area contributed by atoms with Gasteiger partial charge < -0.3 is 14.9 Å². The van der Waals surface area contributed by atoms with E-state index in [4.69, 9.17) is 17.3 Å². The molecule has 8 aromatic carbocycles. The fraction of sp³-hybridized carbons (Fsp3) is 0.158. The quantitative estimate of drug-likeness (QED) is 0.177. The van der Waals surface area contributed by atoms with Gasteiger partial charge in [-0.1, -0.05) is 181 Å². The molecule has 2 heterocycles. The Bertz CT molecular complexity index is 3090. The van der Waals surface area contributed by atoms with Crippen molar-refractivity contribution in [3.63, 3.8) is 0 Å². The highest BCUT2D eigenvalue weighted by Crippen LogP contribution is 2.36. The summed E-state index contributed by atoms with van der Waals surface area (Å²) in [5.74, 6) is 0. The fourth-order valence-corrected chi connectivity index (χ4v) is 8.30. The first-order chi connectivity index (χ1) is 29.3. The van der Waals surface area contributed by atoms with Crippen LogP contribution in [0.3, 0.4) is 0 Å². The maximum Gasteiger partial charge on any atom is 0.0555 e. The molecule has 2 N–H and O–H groups in total. The maximum absolute atomic E-state index is 6.30. The number of nitrogen functional groups attached to an aromatic ring is 1. The lowest BCUT2D eigenvalue weighted by molar-refractivity contribution is 0.589. The second-order valence-corrected chi connectivity index (χ2v) is 18.3. The second kappa shape index (κ2) is 17.2. The van der Waals surface area contributed by atoms with Gasteiger partial charge in [0.2, 0.25) is 0 Å². The Morgan fingerprint density at radius 1 is 0.393 bits per heavy atom. The van der Waals surface area contributed by atoms with Crippen LogP contribution in [0.25, 0.3) is 55.0 Å². The van der Waals surface area contributed by atoms with Gasteiger partial charge in [0, 0.05) is 43.6 Å². The van der Waals surface area contributed by atoms with Crippen molar-refractivity contribution in [1.29, 1.82) is 0 Å². The third-order valence-electron chi connectivity index (χ3n) is 11.4. The number of nitrogens with two attached hydrogens (primary N) is 1. The minimum Gasteiger partial charge on any atom is -0.399 e. The van der Waals surface area contributed by atoms with Gasteiger partial charge in [-0.25, -0.2) is 0 Å². The molecule has 0 unspecified atom stereocenters. The van der Waals surface area contributed by atoms with E-state index < -0.39 is 0 Å². The molecule has 0 radical (unpaired) electrons. The van der Waals surface area contributed by atoms with Crippen molar-refractivity contribution in [2.75, 3.05) is 5.73 Å². The molecule has 0 aliphatic carbocycles. The molecule has 2 aromatic heterocycles. The number of rotatable bonds is 4. The molecular weight excluding hydrogens is 762 g/mol. The van der Waals surface area contributed by atoms with E-state index in [-0.39, 0.29) is 10.8 Å². The zero-order chi connectivity index (χ0) is 42.7. The predicted molar refractivity (Wildman–Crippen MR) is 264 cm³/mol. The number of benzene rings is 8. The van der Waals surface area contributed by atoms with Crippen LogP contribution in [-0.4, -0.2) is 9.13 Å². The summed E-state index contributed by atoms with van der Waals surface area (Å²) in [6.45, 7) is 13.6. The summed E-state index contributed by atoms with van der Waals surface area (Å²) in [5, 5.41) is 5.86. The molecular formula is C57H54ClN3. The van der Waals surface area contributed by atoms with Crippen LogP contribution < -0.4 is 5.73 Å². The molecule has 0 aliphatic rings. The molecule has 0 fully saturated rings. The lowest BCUT2D eigenvalue weighted by Gasteiger charge is -2.20. The van der Waals surface area contributed by atoms with Gasteiger partial charge >= 0.3 is 0 Å². The largest absolute Gasteiger partial charge is 0.399 e. The number of para-hydroxylation sites is 3. The van der Waals surface area contributed by atoms with E-state index in [0.29, 0.717) is 0 Å². The van der Waals surface area contributed by atoms with Crippen LogP contribution in [0, 0.1) is 0 Å². The van der Waals surface area contributed by atoms with Gasteiger partial charge in [-0.15, -0.1) is 0 Å². The van der Waals surface area contributed by atoms with Crippen LogP contribution in [0.5, 0.6) is 0 Å². The first-order valence-corrected chi connectivity index (χ1v) is 21.5. The summed E-state index contributed by atoms with van der Waals surface area (Å²) in [6, 6.07) is 68.3. The highest BCUT2D eigenvalue weighted by Gasteiger charge is 2.19. The molecule has 0 spiro atoms. The van der Waals surface area contributed by atoms with Crippen molar-refractivity contribution in [2.24, 2.45) is 0 Å². The third kappa shape index (κ3) is 8.99. The predicted octanol–water partition coefficient (Wildman–Crippen LogP) is 15.7. The van der Waals surface area contributed by atoms with Crippen LogP contribution in [-0.2, 0) is 17.3 Å². The summed E-state index contributed by atoms with van der Waals surface area (Å²) >= 11 is 6.30. The van der Waals surface area contributed by atoms with E-state index >= 15 is 0 Å². The van der Waals surface area contributed by atoms with Crippen molar-refractivity contribution in [3.8, 4) is 11.4 Å². The highest BCUT2D eigenvalue weighted by atomic mass is 35.5. The molecule has 4 heteroatoms. The van der Waals surface area contributed by atoms with E-state index in [0.717, 1.165) is 22.6 Å². The number of aromatic nitrogens is 2. The normalized spacial score (nSPS) is 11.7. The molecule has 0 saturated heterocycles. The number of nitrogens with zero attached hydrogens (tertiary/aromatic N) is 2. The average molecular weight is 817 g/mol. The standard InChI is InChI=1S/C29H27N.C22H20ClN.C6H7N/c1-29(2,3)23-12-9-13-24(20-23)30-27-15-8-7-14-25(27)26-17-16-22(19-28(26)30)18-21-10-5-4-6-11-21;1-22(2,3)15-7-6-8-17(13-15)24-20-10-5-4-9-18(20)19-12-11-16(23)14-21(19)24;7-6-4-2-1-3-5-6/h4-17,19-20H,18H2,1-3H3;4-14H,1-3H3;1-5H,7H2. The lowest BCUT2D eigenvalue weighted by Crippen LogP contribution is -2.11. The van der Waals surface area contributed by atoms with Gasteiger partial charge in [0.15, 0.2) is 0 Å².